The highest BCUT2D eigenvalue weighted by atomic mass is 32.2. The van der Waals surface area contributed by atoms with Crippen LogP contribution in [0.4, 0.5) is 5.69 Å². The van der Waals surface area contributed by atoms with Crippen LogP contribution < -0.4 is 4.72 Å². The zero-order chi connectivity index (χ0) is 19.7. The first kappa shape index (κ1) is 19.8. The molecule has 3 rings (SSSR count). The van der Waals surface area contributed by atoms with Crippen LogP contribution >= 0.6 is 11.3 Å². The second-order valence-corrected chi connectivity index (χ2v) is 11.0. The summed E-state index contributed by atoms with van der Waals surface area (Å²) in [5.74, 6) is 0.0445. The summed E-state index contributed by atoms with van der Waals surface area (Å²) in [5.41, 5.74) is 1.88. The molecular formula is C17H21N3O4S3. The van der Waals surface area contributed by atoms with Gasteiger partial charge >= 0.3 is 0 Å². The molecule has 0 fully saturated rings. The highest BCUT2D eigenvalue weighted by Gasteiger charge is 2.36. The molecule has 0 aliphatic carbocycles. The topological polar surface area (TPSA) is 95.9 Å². The molecule has 0 radical (unpaired) electrons. The van der Waals surface area contributed by atoms with E-state index in [1.54, 1.807) is 24.3 Å². The fraction of sp³-hybridized carbons (Fsp3) is 0.353. The zero-order valence-electron chi connectivity index (χ0n) is 15.0. The lowest BCUT2D eigenvalue weighted by atomic mass is 10.0. The van der Waals surface area contributed by atoms with Gasteiger partial charge in [-0.15, -0.1) is 11.3 Å². The molecule has 1 aliphatic rings. The van der Waals surface area contributed by atoms with Crippen molar-refractivity contribution in [3.8, 4) is 0 Å². The molecule has 0 bridgehead atoms. The molecule has 1 aromatic heterocycles. The zero-order valence-corrected chi connectivity index (χ0v) is 17.4. The molecule has 7 nitrogen and oxygen atoms in total. The normalized spacial score (nSPS) is 17.8. The third kappa shape index (κ3) is 4.69. The van der Waals surface area contributed by atoms with Gasteiger partial charge in [0.05, 0.1) is 17.7 Å². The standard InChI is InChI=1S/C17H21N3O4S3/c1-3-11-27(23,24)20-16(17-5-4-10-25-17)12-15(18-20)13-6-8-14(9-7-13)19-26(2,21)22/h4-10,16,19H,3,11-12H2,1-2H3/t16-/m1/s1. The molecular weight excluding hydrogens is 406 g/mol. The van der Waals surface area contributed by atoms with Crippen LogP contribution in [0.1, 0.15) is 36.2 Å². The molecule has 146 valence electrons. The number of benzene rings is 1. The Kier molecular flexibility index (Phi) is 5.59. The highest BCUT2D eigenvalue weighted by Crippen LogP contribution is 2.37. The van der Waals surface area contributed by atoms with Crippen molar-refractivity contribution in [1.29, 1.82) is 0 Å². The van der Waals surface area contributed by atoms with Gasteiger partial charge in [0, 0.05) is 17.0 Å². The minimum absolute atomic E-state index is 0.0445. The van der Waals surface area contributed by atoms with Gasteiger partial charge in [0.1, 0.15) is 6.04 Å². The molecule has 0 unspecified atom stereocenters. The SMILES string of the molecule is CCCS(=O)(=O)N1N=C(c2ccc(NS(C)(=O)=O)cc2)C[C@@H]1c1cccs1. The Bertz CT molecular complexity index is 1030. The van der Waals surface area contributed by atoms with E-state index in [0.717, 1.165) is 16.7 Å². The van der Waals surface area contributed by atoms with E-state index in [-0.39, 0.29) is 11.8 Å². The number of hydrogen-bond acceptors (Lipinski definition) is 6. The van der Waals surface area contributed by atoms with Crippen molar-refractivity contribution in [3.63, 3.8) is 0 Å². The summed E-state index contributed by atoms with van der Waals surface area (Å²) in [7, 11) is -6.85. The number of hydrazone groups is 1. The minimum atomic E-state index is -3.50. The monoisotopic (exact) mass is 427 g/mol. The van der Waals surface area contributed by atoms with E-state index in [4.69, 9.17) is 0 Å². The number of hydrogen-bond donors (Lipinski definition) is 1. The van der Waals surface area contributed by atoms with Crippen LogP contribution in [0.15, 0.2) is 46.9 Å². The van der Waals surface area contributed by atoms with Crippen molar-refractivity contribution < 1.29 is 16.8 Å². The molecule has 2 heterocycles. The third-order valence-corrected chi connectivity index (χ3v) is 7.42. The van der Waals surface area contributed by atoms with Crippen molar-refractivity contribution in [2.45, 2.75) is 25.8 Å². The Morgan fingerprint density at radius 3 is 2.44 bits per heavy atom. The van der Waals surface area contributed by atoms with Crippen LogP contribution in [0.25, 0.3) is 0 Å². The van der Waals surface area contributed by atoms with Crippen LogP contribution in [0.2, 0.25) is 0 Å². The average Bonchev–Trinajstić information content (AvgIpc) is 3.24. The van der Waals surface area contributed by atoms with E-state index in [9.17, 15) is 16.8 Å². The van der Waals surface area contributed by atoms with Crippen LogP contribution in [0, 0.1) is 0 Å². The van der Waals surface area contributed by atoms with Gasteiger partial charge in [-0.05, 0) is 35.6 Å². The third-order valence-electron chi connectivity index (χ3n) is 4.01. The first-order chi connectivity index (χ1) is 12.7. The first-order valence-electron chi connectivity index (χ1n) is 8.41. The van der Waals surface area contributed by atoms with Crippen molar-refractivity contribution in [2.75, 3.05) is 16.7 Å². The molecule has 10 heteroatoms. The van der Waals surface area contributed by atoms with E-state index >= 15 is 0 Å². The summed E-state index contributed by atoms with van der Waals surface area (Å²) in [6, 6.07) is 10.2. The molecule has 1 N–H and O–H groups in total. The van der Waals surface area contributed by atoms with Gasteiger partial charge in [0.2, 0.25) is 20.0 Å². The summed E-state index contributed by atoms with van der Waals surface area (Å²) >= 11 is 1.51. The van der Waals surface area contributed by atoms with Crippen molar-refractivity contribution in [2.24, 2.45) is 5.10 Å². The molecule has 0 amide bonds. The summed E-state index contributed by atoms with van der Waals surface area (Å²) in [5, 5.41) is 6.34. The van der Waals surface area contributed by atoms with Crippen molar-refractivity contribution in [1.82, 2.24) is 4.41 Å². The van der Waals surface area contributed by atoms with Gasteiger partial charge in [-0.1, -0.05) is 25.1 Å². The summed E-state index contributed by atoms with van der Waals surface area (Å²) in [6.45, 7) is 1.83. The Hall–Kier alpha value is -1.91. The molecule has 0 saturated carbocycles. The van der Waals surface area contributed by atoms with Gasteiger partial charge in [-0.2, -0.15) is 9.52 Å². The number of thiophene rings is 1. The van der Waals surface area contributed by atoms with Gasteiger partial charge in [-0.3, -0.25) is 4.72 Å². The van der Waals surface area contributed by atoms with Gasteiger partial charge in [0.25, 0.3) is 0 Å². The maximum Gasteiger partial charge on any atom is 0.250 e. The first-order valence-corrected chi connectivity index (χ1v) is 12.8. The lowest BCUT2D eigenvalue weighted by Crippen LogP contribution is -2.28. The number of nitrogens with zero attached hydrogens (tertiary/aromatic N) is 2. The Balaban J connectivity index is 1.91. The Morgan fingerprint density at radius 2 is 1.89 bits per heavy atom. The maximum atomic E-state index is 12.7. The quantitative estimate of drug-likeness (QED) is 0.735. The molecule has 1 aromatic carbocycles. The summed E-state index contributed by atoms with van der Waals surface area (Å²) in [4.78, 5) is 0.948. The Labute approximate surface area is 163 Å². The van der Waals surface area contributed by atoms with E-state index in [0.29, 0.717) is 24.2 Å². The smallest absolute Gasteiger partial charge is 0.250 e. The van der Waals surface area contributed by atoms with Crippen LogP contribution in [0.5, 0.6) is 0 Å². The largest absolute Gasteiger partial charge is 0.284 e. The van der Waals surface area contributed by atoms with Gasteiger partial charge < -0.3 is 0 Å². The number of rotatable bonds is 7. The van der Waals surface area contributed by atoms with Crippen LogP contribution in [0.3, 0.4) is 0 Å². The molecule has 0 spiro atoms. The lowest BCUT2D eigenvalue weighted by molar-refractivity contribution is 0.375. The van der Waals surface area contributed by atoms with Crippen molar-refractivity contribution >= 4 is 42.8 Å². The van der Waals surface area contributed by atoms with Gasteiger partial charge in [-0.25, -0.2) is 16.8 Å². The minimum Gasteiger partial charge on any atom is -0.284 e. The van der Waals surface area contributed by atoms with Crippen molar-refractivity contribution in [3.05, 3.63) is 52.2 Å². The van der Waals surface area contributed by atoms with Crippen LogP contribution in [-0.2, 0) is 20.0 Å². The van der Waals surface area contributed by atoms with Crippen LogP contribution in [-0.4, -0.2) is 39.0 Å². The fourth-order valence-corrected chi connectivity index (χ4v) is 5.85. The molecule has 1 atom stereocenters. The Morgan fingerprint density at radius 1 is 1.19 bits per heavy atom. The maximum absolute atomic E-state index is 12.7. The fourth-order valence-electron chi connectivity index (χ4n) is 2.91. The molecule has 0 saturated heterocycles. The van der Waals surface area contributed by atoms with E-state index < -0.39 is 20.0 Å². The number of sulfonamides is 2. The average molecular weight is 428 g/mol. The summed E-state index contributed by atoms with van der Waals surface area (Å²) < 4.78 is 51.6. The molecule has 2 aromatic rings. The molecule has 27 heavy (non-hydrogen) atoms. The lowest BCUT2D eigenvalue weighted by Gasteiger charge is -2.21. The van der Waals surface area contributed by atoms with E-state index in [2.05, 4.69) is 9.82 Å². The van der Waals surface area contributed by atoms with E-state index in [1.807, 2.05) is 24.4 Å². The second kappa shape index (κ2) is 7.61. The molecule has 1 aliphatic heterocycles. The predicted molar refractivity (Wildman–Crippen MR) is 109 cm³/mol. The second-order valence-electron chi connectivity index (χ2n) is 6.32. The van der Waals surface area contributed by atoms with E-state index in [1.165, 1.54) is 15.8 Å². The van der Waals surface area contributed by atoms with Gasteiger partial charge in [0.15, 0.2) is 0 Å². The number of anilines is 1. The predicted octanol–water partition coefficient (Wildman–Crippen LogP) is 3.01. The summed E-state index contributed by atoms with van der Waals surface area (Å²) in [6.07, 6.45) is 2.08. The number of nitrogens with one attached hydrogen (secondary N) is 1. The highest BCUT2D eigenvalue weighted by molar-refractivity contribution is 7.92.